The maximum Gasteiger partial charge on any atom is 0.241 e. The van der Waals surface area contributed by atoms with Crippen molar-refractivity contribution in [2.75, 3.05) is 33.4 Å². The lowest BCUT2D eigenvalue weighted by Crippen LogP contribution is -2.41. The molecule has 0 aliphatic carbocycles. The number of rotatable bonds is 7. The third-order valence-electron chi connectivity index (χ3n) is 4.78. The van der Waals surface area contributed by atoms with Crippen LogP contribution in [-0.4, -0.2) is 54.3 Å². The van der Waals surface area contributed by atoms with Crippen LogP contribution in [0.1, 0.15) is 24.3 Å². The van der Waals surface area contributed by atoms with Crippen LogP contribution in [0.15, 0.2) is 28.8 Å². The third-order valence-corrected chi connectivity index (χ3v) is 4.78. The van der Waals surface area contributed by atoms with E-state index in [-0.39, 0.29) is 11.8 Å². The number of methoxy groups -OCH3 is 1. The van der Waals surface area contributed by atoms with Gasteiger partial charge in [-0.15, -0.1) is 0 Å². The van der Waals surface area contributed by atoms with Gasteiger partial charge in [-0.25, -0.2) is 0 Å². The maximum absolute atomic E-state index is 12.1. The van der Waals surface area contributed by atoms with E-state index < -0.39 is 0 Å². The molecule has 0 radical (unpaired) electrons. The third kappa shape index (κ3) is 4.68. The predicted octanol–water partition coefficient (Wildman–Crippen LogP) is 2.02. The summed E-state index contributed by atoms with van der Waals surface area (Å²) in [6.45, 7) is 5.48. The Morgan fingerprint density at radius 3 is 2.85 bits per heavy atom. The summed E-state index contributed by atoms with van der Waals surface area (Å²) < 4.78 is 10.4. The first-order valence-electron chi connectivity index (χ1n) is 9.05. The van der Waals surface area contributed by atoms with Crippen LogP contribution < -0.4 is 5.32 Å². The molecule has 26 heavy (non-hydrogen) atoms. The van der Waals surface area contributed by atoms with Gasteiger partial charge in [-0.2, -0.15) is 4.98 Å². The van der Waals surface area contributed by atoms with Gasteiger partial charge in [0.25, 0.3) is 0 Å². The van der Waals surface area contributed by atoms with Crippen molar-refractivity contribution in [1.29, 1.82) is 0 Å². The van der Waals surface area contributed by atoms with Crippen LogP contribution >= 0.6 is 0 Å². The summed E-state index contributed by atoms with van der Waals surface area (Å²) in [6, 6.07) is 8.00. The van der Waals surface area contributed by atoms with Crippen molar-refractivity contribution in [3.63, 3.8) is 0 Å². The molecule has 1 aromatic heterocycles. The molecular weight excluding hydrogens is 332 g/mol. The van der Waals surface area contributed by atoms with E-state index in [1.165, 1.54) is 0 Å². The molecule has 1 N–H and O–H groups in total. The Morgan fingerprint density at radius 1 is 1.35 bits per heavy atom. The van der Waals surface area contributed by atoms with E-state index in [9.17, 15) is 4.79 Å². The minimum atomic E-state index is 0.0771. The van der Waals surface area contributed by atoms with Gasteiger partial charge in [-0.3, -0.25) is 9.69 Å². The lowest BCUT2D eigenvalue weighted by Gasteiger charge is -2.30. The molecule has 7 nitrogen and oxygen atoms in total. The highest BCUT2D eigenvalue weighted by atomic mass is 16.5. The number of carbonyl (C=O) groups excluding carboxylic acids is 1. The van der Waals surface area contributed by atoms with Gasteiger partial charge in [0, 0.05) is 25.1 Å². The van der Waals surface area contributed by atoms with Gasteiger partial charge in [-0.1, -0.05) is 29.4 Å². The molecule has 140 valence electrons. The van der Waals surface area contributed by atoms with Gasteiger partial charge in [0.15, 0.2) is 0 Å². The van der Waals surface area contributed by atoms with E-state index in [0.29, 0.717) is 31.4 Å². The van der Waals surface area contributed by atoms with Crippen molar-refractivity contribution in [2.24, 2.45) is 5.92 Å². The summed E-state index contributed by atoms with van der Waals surface area (Å²) in [5.41, 5.74) is 2.12. The zero-order chi connectivity index (χ0) is 18.4. The van der Waals surface area contributed by atoms with Crippen molar-refractivity contribution in [3.8, 4) is 11.4 Å². The summed E-state index contributed by atoms with van der Waals surface area (Å²) >= 11 is 0. The molecule has 1 aliphatic heterocycles. The second-order valence-electron chi connectivity index (χ2n) is 6.66. The number of ether oxygens (including phenoxy) is 1. The van der Waals surface area contributed by atoms with Crippen LogP contribution in [0.5, 0.6) is 0 Å². The van der Waals surface area contributed by atoms with Crippen LogP contribution in [-0.2, 0) is 16.1 Å². The number of carbonyl (C=O) groups is 1. The topological polar surface area (TPSA) is 80.5 Å². The quantitative estimate of drug-likeness (QED) is 0.763. The molecule has 1 amide bonds. The van der Waals surface area contributed by atoms with E-state index in [1.807, 2.05) is 31.2 Å². The lowest BCUT2D eigenvalue weighted by molar-refractivity contribution is -0.126. The SMILES string of the molecule is COCCNC(=O)C1CCN(Cc2nc(-c3ccccc3C)no2)CC1. The molecule has 1 aromatic carbocycles. The Balaban J connectivity index is 1.49. The molecule has 0 unspecified atom stereocenters. The van der Waals surface area contributed by atoms with Gasteiger partial charge < -0.3 is 14.6 Å². The average Bonchev–Trinajstić information content (AvgIpc) is 3.11. The number of amides is 1. The van der Waals surface area contributed by atoms with E-state index in [4.69, 9.17) is 9.26 Å². The molecule has 1 saturated heterocycles. The van der Waals surface area contributed by atoms with Gasteiger partial charge in [0.1, 0.15) is 0 Å². The molecule has 3 rings (SSSR count). The standard InChI is InChI=1S/C19H26N4O3/c1-14-5-3-4-6-16(14)18-21-17(26-22-18)13-23-10-7-15(8-11-23)19(24)20-9-12-25-2/h3-6,15H,7-13H2,1-2H3,(H,20,24). The van der Waals surface area contributed by atoms with Gasteiger partial charge in [-0.05, 0) is 38.4 Å². The molecule has 2 aromatic rings. The van der Waals surface area contributed by atoms with Crippen molar-refractivity contribution in [2.45, 2.75) is 26.3 Å². The van der Waals surface area contributed by atoms with E-state index in [2.05, 4.69) is 20.4 Å². The van der Waals surface area contributed by atoms with E-state index in [1.54, 1.807) is 7.11 Å². The number of likely N-dealkylation sites (tertiary alicyclic amines) is 1. The average molecular weight is 358 g/mol. The second kappa shape index (κ2) is 8.91. The first kappa shape index (κ1) is 18.5. The van der Waals surface area contributed by atoms with Crippen LogP contribution in [0.3, 0.4) is 0 Å². The smallest absolute Gasteiger partial charge is 0.241 e. The predicted molar refractivity (Wildman–Crippen MR) is 97.4 cm³/mol. The summed E-state index contributed by atoms with van der Waals surface area (Å²) in [5, 5.41) is 7.03. The van der Waals surface area contributed by atoms with Crippen LogP contribution in [0, 0.1) is 12.8 Å². The number of nitrogens with one attached hydrogen (secondary N) is 1. The zero-order valence-electron chi connectivity index (χ0n) is 15.4. The summed E-state index contributed by atoms with van der Waals surface area (Å²) in [7, 11) is 1.63. The number of benzene rings is 1. The largest absolute Gasteiger partial charge is 0.383 e. The highest BCUT2D eigenvalue weighted by molar-refractivity contribution is 5.78. The number of hydrogen-bond donors (Lipinski definition) is 1. The normalized spacial score (nSPS) is 15.9. The Labute approximate surface area is 153 Å². The number of aryl methyl sites for hydroxylation is 1. The Hall–Kier alpha value is -2.25. The highest BCUT2D eigenvalue weighted by Crippen LogP contribution is 2.22. The summed E-state index contributed by atoms with van der Waals surface area (Å²) in [4.78, 5) is 18.9. The van der Waals surface area contributed by atoms with E-state index >= 15 is 0 Å². The summed E-state index contributed by atoms with van der Waals surface area (Å²) in [6.07, 6.45) is 1.69. The monoisotopic (exact) mass is 358 g/mol. The van der Waals surface area contributed by atoms with Crippen LogP contribution in [0.2, 0.25) is 0 Å². The molecule has 2 heterocycles. The molecular formula is C19H26N4O3. The number of aromatic nitrogens is 2. The first-order chi connectivity index (χ1) is 12.7. The number of nitrogens with zero attached hydrogens (tertiary/aromatic N) is 3. The highest BCUT2D eigenvalue weighted by Gasteiger charge is 2.25. The maximum atomic E-state index is 12.1. The fourth-order valence-corrected chi connectivity index (χ4v) is 3.22. The molecule has 1 fully saturated rings. The minimum Gasteiger partial charge on any atom is -0.383 e. The Kier molecular flexibility index (Phi) is 6.35. The molecule has 0 atom stereocenters. The fraction of sp³-hybridized carbons (Fsp3) is 0.526. The van der Waals surface area contributed by atoms with Gasteiger partial charge >= 0.3 is 0 Å². The lowest BCUT2D eigenvalue weighted by atomic mass is 9.96. The number of hydrogen-bond acceptors (Lipinski definition) is 6. The molecule has 0 spiro atoms. The molecule has 0 bridgehead atoms. The van der Waals surface area contributed by atoms with Gasteiger partial charge in [0.2, 0.25) is 17.6 Å². The van der Waals surface area contributed by atoms with Crippen molar-refractivity contribution >= 4 is 5.91 Å². The van der Waals surface area contributed by atoms with Crippen LogP contribution in [0.4, 0.5) is 0 Å². The first-order valence-corrected chi connectivity index (χ1v) is 9.05. The van der Waals surface area contributed by atoms with Crippen LogP contribution in [0.25, 0.3) is 11.4 Å². The van der Waals surface area contributed by atoms with Crippen molar-refractivity contribution in [3.05, 3.63) is 35.7 Å². The second-order valence-corrected chi connectivity index (χ2v) is 6.66. The molecule has 1 aliphatic rings. The van der Waals surface area contributed by atoms with Crippen molar-refractivity contribution < 1.29 is 14.1 Å². The zero-order valence-corrected chi connectivity index (χ0v) is 15.4. The molecule has 7 heteroatoms. The Morgan fingerprint density at radius 2 is 2.12 bits per heavy atom. The number of piperidine rings is 1. The van der Waals surface area contributed by atoms with E-state index in [0.717, 1.165) is 37.1 Å². The molecule has 0 saturated carbocycles. The Bertz CT molecular complexity index is 723. The van der Waals surface area contributed by atoms with Gasteiger partial charge in [0.05, 0.1) is 13.2 Å². The fourth-order valence-electron chi connectivity index (χ4n) is 3.22. The minimum absolute atomic E-state index is 0.0771. The summed E-state index contributed by atoms with van der Waals surface area (Å²) in [5.74, 6) is 1.45. The van der Waals surface area contributed by atoms with Crippen molar-refractivity contribution in [1.82, 2.24) is 20.4 Å².